The van der Waals surface area contributed by atoms with Crippen molar-refractivity contribution in [2.24, 2.45) is 0 Å². The third-order valence-corrected chi connectivity index (χ3v) is 4.89. The number of thiazole rings is 1. The van der Waals surface area contributed by atoms with Gasteiger partial charge in [-0.3, -0.25) is 4.98 Å². The van der Waals surface area contributed by atoms with Gasteiger partial charge in [0.05, 0.1) is 11.6 Å². The van der Waals surface area contributed by atoms with Gasteiger partial charge in [-0.05, 0) is 24.1 Å². The second kappa shape index (κ2) is 6.37. The van der Waals surface area contributed by atoms with Gasteiger partial charge in [0.25, 0.3) is 0 Å². The summed E-state index contributed by atoms with van der Waals surface area (Å²) in [5.41, 5.74) is 4.46. The van der Waals surface area contributed by atoms with Crippen molar-refractivity contribution in [2.45, 2.75) is 19.2 Å². The molecule has 0 bridgehead atoms. The Kier molecular flexibility index (Phi) is 4.32. The molecular weight excluding hydrogens is 300 g/mol. The van der Waals surface area contributed by atoms with E-state index < -0.39 is 0 Å². The molecule has 2 nitrogen and oxygen atoms in total. The van der Waals surface area contributed by atoms with Crippen LogP contribution >= 0.6 is 22.9 Å². The summed E-state index contributed by atoms with van der Waals surface area (Å²) in [7, 11) is 0. The molecule has 0 atom stereocenters. The van der Waals surface area contributed by atoms with Crippen LogP contribution in [0.3, 0.4) is 0 Å². The summed E-state index contributed by atoms with van der Waals surface area (Å²) < 4.78 is 0. The molecule has 0 saturated heterocycles. The largest absolute Gasteiger partial charge is 0.264 e. The fourth-order valence-corrected chi connectivity index (χ4v) is 3.39. The van der Waals surface area contributed by atoms with Crippen molar-refractivity contribution in [1.29, 1.82) is 0 Å². The van der Waals surface area contributed by atoms with E-state index in [2.05, 4.69) is 36.2 Å². The van der Waals surface area contributed by atoms with Crippen LogP contribution in [0.2, 0.25) is 0 Å². The van der Waals surface area contributed by atoms with E-state index in [0.29, 0.717) is 5.88 Å². The summed E-state index contributed by atoms with van der Waals surface area (Å²) in [5, 5.41) is 0.966. The molecule has 2 heterocycles. The molecule has 106 valence electrons. The van der Waals surface area contributed by atoms with E-state index in [1.807, 2.05) is 18.3 Å². The van der Waals surface area contributed by atoms with Crippen molar-refractivity contribution in [2.75, 3.05) is 0 Å². The van der Waals surface area contributed by atoms with E-state index in [0.717, 1.165) is 33.1 Å². The minimum absolute atomic E-state index is 0.475. The highest BCUT2D eigenvalue weighted by molar-refractivity contribution is 7.15. The highest BCUT2D eigenvalue weighted by Gasteiger charge is 2.13. The van der Waals surface area contributed by atoms with Crippen LogP contribution in [0, 0.1) is 0 Å². The molecule has 0 aliphatic rings. The smallest absolute Gasteiger partial charge is 0.125 e. The Morgan fingerprint density at radius 3 is 2.52 bits per heavy atom. The fraction of sp³-hybridized carbons (Fsp3) is 0.176. The van der Waals surface area contributed by atoms with Gasteiger partial charge in [0, 0.05) is 28.4 Å². The maximum Gasteiger partial charge on any atom is 0.125 e. The van der Waals surface area contributed by atoms with E-state index in [1.54, 1.807) is 17.5 Å². The molecule has 2 aromatic heterocycles. The van der Waals surface area contributed by atoms with Crippen molar-refractivity contribution in [3.8, 4) is 21.8 Å². The number of rotatable bonds is 4. The first kappa shape index (κ1) is 14.2. The summed E-state index contributed by atoms with van der Waals surface area (Å²) in [6, 6.07) is 12.5. The molecule has 0 saturated carbocycles. The molecule has 0 radical (unpaired) electrons. The predicted molar refractivity (Wildman–Crippen MR) is 89.7 cm³/mol. The van der Waals surface area contributed by atoms with Crippen LogP contribution in [0.15, 0.2) is 48.8 Å². The van der Waals surface area contributed by atoms with E-state index in [9.17, 15) is 0 Å². The van der Waals surface area contributed by atoms with Gasteiger partial charge in [-0.25, -0.2) is 4.98 Å². The topological polar surface area (TPSA) is 25.8 Å². The maximum absolute atomic E-state index is 6.10. The van der Waals surface area contributed by atoms with Crippen LogP contribution in [0.4, 0.5) is 0 Å². The molecule has 21 heavy (non-hydrogen) atoms. The molecule has 0 fully saturated rings. The first-order chi connectivity index (χ1) is 10.3. The van der Waals surface area contributed by atoms with Gasteiger partial charge in [0.2, 0.25) is 0 Å². The van der Waals surface area contributed by atoms with E-state index in [-0.39, 0.29) is 0 Å². The van der Waals surface area contributed by atoms with Crippen molar-refractivity contribution in [3.63, 3.8) is 0 Å². The Morgan fingerprint density at radius 2 is 1.90 bits per heavy atom. The number of alkyl halides is 1. The molecule has 0 spiro atoms. The van der Waals surface area contributed by atoms with Gasteiger partial charge in [-0.1, -0.05) is 31.2 Å². The number of aryl methyl sites for hydroxylation is 1. The number of pyridine rings is 1. The van der Waals surface area contributed by atoms with Gasteiger partial charge in [0.15, 0.2) is 0 Å². The van der Waals surface area contributed by atoms with Gasteiger partial charge in [0.1, 0.15) is 5.01 Å². The van der Waals surface area contributed by atoms with Crippen LogP contribution in [0.1, 0.15) is 17.4 Å². The maximum atomic E-state index is 6.10. The van der Waals surface area contributed by atoms with E-state index in [4.69, 9.17) is 16.6 Å². The van der Waals surface area contributed by atoms with E-state index in [1.165, 1.54) is 5.56 Å². The second-order valence-electron chi connectivity index (χ2n) is 4.72. The lowest BCUT2D eigenvalue weighted by molar-refractivity contribution is 1.14. The van der Waals surface area contributed by atoms with Gasteiger partial charge >= 0.3 is 0 Å². The van der Waals surface area contributed by atoms with Gasteiger partial charge < -0.3 is 0 Å². The molecule has 3 aromatic rings. The van der Waals surface area contributed by atoms with E-state index >= 15 is 0 Å². The zero-order valence-electron chi connectivity index (χ0n) is 11.7. The number of aromatic nitrogens is 2. The number of halogens is 1. The van der Waals surface area contributed by atoms with Crippen LogP contribution in [0.5, 0.6) is 0 Å². The number of benzene rings is 1. The SMILES string of the molecule is CCc1ccc(-c2nc(-c3cccnc3)sc2CCl)cc1. The molecule has 0 aliphatic heterocycles. The molecular formula is C17H15ClN2S. The summed E-state index contributed by atoms with van der Waals surface area (Å²) in [4.78, 5) is 10.0. The lowest BCUT2D eigenvalue weighted by Gasteiger charge is -2.01. The van der Waals surface area contributed by atoms with Gasteiger partial charge in [-0.2, -0.15) is 0 Å². The van der Waals surface area contributed by atoms with Crippen LogP contribution in [-0.2, 0) is 12.3 Å². The summed E-state index contributed by atoms with van der Waals surface area (Å²) in [6.07, 6.45) is 4.64. The molecule has 1 aromatic carbocycles. The Balaban J connectivity index is 2.03. The predicted octanol–water partition coefficient (Wildman–Crippen LogP) is 5.17. The highest BCUT2D eigenvalue weighted by Crippen LogP contribution is 2.34. The van der Waals surface area contributed by atoms with Crippen LogP contribution < -0.4 is 0 Å². The molecule has 0 aliphatic carbocycles. The second-order valence-corrected chi connectivity index (χ2v) is 6.07. The van der Waals surface area contributed by atoms with Crippen molar-refractivity contribution in [1.82, 2.24) is 9.97 Å². The quantitative estimate of drug-likeness (QED) is 0.621. The van der Waals surface area contributed by atoms with Crippen molar-refractivity contribution >= 4 is 22.9 Å². The van der Waals surface area contributed by atoms with Crippen LogP contribution in [0.25, 0.3) is 21.8 Å². The minimum Gasteiger partial charge on any atom is -0.264 e. The Bertz CT molecular complexity index is 720. The van der Waals surface area contributed by atoms with Crippen molar-refractivity contribution in [3.05, 3.63) is 59.2 Å². The lowest BCUT2D eigenvalue weighted by atomic mass is 10.1. The number of hydrogen-bond donors (Lipinski definition) is 0. The number of hydrogen-bond acceptors (Lipinski definition) is 3. The summed E-state index contributed by atoms with van der Waals surface area (Å²) in [5.74, 6) is 0.475. The molecule has 0 amide bonds. The first-order valence-electron chi connectivity index (χ1n) is 6.87. The molecule has 0 unspecified atom stereocenters. The normalized spacial score (nSPS) is 10.8. The lowest BCUT2D eigenvalue weighted by Crippen LogP contribution is -1.85. The first-order valence-corrected chi connectivity index (χ1v) is 8.22. The Morgan fingerprint density at radius 1 is 1.10 bits per heavy atom. The average Bonchev–Trinajstić information content (AvgIpc) is 3.00. The zero-order valence-corrected chi connectivity index (χ0v) is 13.3. The highest BCUT2D eigenvalue weighted by atomic mass is 35.5. The zero-order chi connectivity index (χ0) is 14.7. The Hall–Kier alpha value is -1.71. The molecule has 4 heteroatoms. The standard InChI is InChI=1S/C17H15ClN2S/c1-2-12-5-7-13(8-6-12)16-15(10-18)21-17(20-16)14-4-3-9-19-11-14/h3-9,11H,2,10H2,1H3. The minimum atomic E-state index is 0.475. The van der Waals surface area contributed by atoms with Gasteiger partial charge in [-0.15, -0.1) is 22.9 Å². The fourth-order valence-electron chi connectivity index (χ4n) is 2.18. The summed E-state index contributed by atoms with van der Waals surface area (Å²) in [6.45, 7) is 2.16. The van der Waals surface area contributed by atoms with Crippen LogP contribution in [-0.4, -0.2) is 9.97 Å². The van der Waals surface area contributed by atoms with Crippen molar-refractivity contribution < 1.29 is 0 Å². The third-order valence-electron chi connectivity index (χ3n) is 3.36. The molecule has 0 N–H and O–H groups in total. The third kappa shape index (κ3) is 2.99. The average molecular weight is 315 g/mol. The number of nitrogens with zero attached hydrogens (tertiary/aromatic N) is 2. The monoisotopic (exact) mass is 314 g/mol. The Labute approximate surface area is 133 Å². The summed E-state index contributed by atoms with van der Waals surface area (Å²) >= 11 is 7.73. The molecule has 3 rings (SSSR count).